The first-order valence-electron chi connectivity index (χ1n) is 8.45. The zero-order valence-electron chi connectivity index (χ0n) is 14.3. The normalized spacial score (nSPS) is 13.0. The van der Waals surface area contributed by atoms with Gasteiger partial charge < -0.3 is 5.32 Å². The first-order valence-corrected chi connectivity index (χ1v) is 8.45. The number of carbonyl (C=O) groups excluding carboxylic acids is 1. The van der Waals surface area contributed by atoms with E-state index < -0.39 is 0 Å². The van der Waals surface area contributed by atoms with Gasteiger partial charge in [-0.05, 0) is 61.7 Å². The Kier molecular flexibility index (Phi) is 3.64. The minimum atomic E-state index is -0.201. The van der Waals surface area contributed by atoms with Crippen LogP contribution in [0.15, 0.2) is 41.2 Å². The summed E-state index contributed by atoms with van der Waals surface area (Å²) < 4.78 is 1.73. The van der Waals surface area contributed by atoms with Gasteiger partial charge in [-0.1, -0.05) is 6.07 Å². The molecule has 2 heterocycles. The average molecular weight is 333 g/mol. The van der Waals surface area contributed by atoms with E-state index in [1.807, 2.05) is 32.0 Å². The molecule has 1 amide bonds. The second kappa shape index (κ2) is 5.84. The maximum Gasteiger partial charge on any atom is 0.261 e. The van der Waals surface area contributed by atoms with Gasteiger partial charge in [0.2, 0.25) is 0 Å². The molecule has 25 heavy (non-hydrogen) atoms. The molecular formula is C20H19N3O2. The Labute approximate surface area is 145 Å². The average Bonchev–Trinajstić information content (AvgIpc) is 3.06. The first-order chi connectivity index (χ1) is 12.0. The summed E-state index contributed by atoms with van der Waals surface area (Å²) in [4.78, 5) is 29.6. The van der Waals surface area contributed by atoms with Crippen molar-refractivity contribution in [3.63, 3.8) is 0 Å². The molecule has 126 valence electrons. The smallest absolute Gasteiger partial charge is 0.261 e. The fourth-order valence-electron chi connectivity index (χ4n) is 3.25. The highest BCUT2D eigenvalue weighted by Crippen LogP contribution is 2.18. The molecule has 1 aromatic heterocycles. The minimum absolute atomic E-state index is 0.0152. The summed E-state index contributed by atoms with van der Waals surface area (Å²) in [7, 11) is 0. The van der Waals surface area contributed by atoms with E-state index in [1.165, 1.54) is 5.56 Å². The summed E-state index contributed by atoms with van der Waals surface area (Å²) in [6.07, 6.45) is 1.75. The molecule has 0 fully saturated rings. The molecule has 0 aliphatic carbocycles. The molecule has 2 aromatic carbocycles. The van der Waals surface area contributed by atoms with Crippen LogP contribution in [0.5, 0.6) is 0 Å². The number of anilines is 1. The number of nitrogens with zero attached hydrogens (tertiary/aromatic N) is 2. The summed E-state index contributed by atoms with van der Waals surface area (Å²) >= 11 is 0. The topological polar surface area (TPSA) is 64.0 Å². The summed E-state index contributed by atoms with van der Waals surface area (Å²) in [6, 6.07) is 10.9. The predicted octanol–water partition coefficient (Wildman–Crippen LogP) is 3.21. The van der Waals surface area contributed by atoms with Gasteiger partial charge in [-0.3, -0.25) is 14.2 Å². The fraction of sp³-hybridized carbons (Fsp3) is 0.250. The summed E-state index contributed by atoms with van der Waals surface area (Å²) in [6.45, 7) is 4.78. The second-order valence-corrected chi connectivity index (χ2v) is 6.57. The molecule has 1 aliphatic heterocycles. The van der Waals surface area contributed by atoms with E-state index >= 15 is 0 Å². The van der Waals surface area contributed by atoms with Crippen molar-refractivity contribution in [2.45, 2.75) is 33.2 Å². The van der Waals surface area contributed by atoms with E-state index in [4.69, 9.17) is 0 Å². The Bertz CT molecular complexity index is 1070. The first kappa shape index (κ1) is 15.6. The molecule has 0 bridgehead atoms. The van der Waals surface area contributed by atoms with Crippen LogP contribution in [0, 0.1) is 13.8 Å². The number of fused-ring (bicyclic) bond motifs is 2. The zero-order chi connectivity index (χ0) is 17.6. The number of benzene rings is 2. The molecule has 5 nitrogen and oxygen atoms in total. The molecule has 3 aromatic rings. The molecule has 0 spiro atoms. The van der Waals surface area contributed by atoms with Crippen LogP contribution in [0.25, 0.3) is 10.9 Å². The molecule has 0 atom stereocenters. The van der Waals surface area contributed by atoms with Gasteiger partial charge in [0, 0.05) is 24.2 Å². The minimum Gasteiger partial charge on any atom is -0.322 e. The summed E-state index contributed by atoms with van der Waals surface area (Å²) in [5.74, 6) is 0.608. The maximum atomic E-state index is 12.6. The quantitative estimate of drug-likeness (QED) is 0.783. The third-order valence-electron chi connectivity index (χ3n) is 4.84. The van der Waals surface area contributed by atoms with Crippen molar-refractivity contribution in [1.29, 1.82) is 0 Å². The standard InChI is InChI=1S/C20H19N3O2/c1-12-5-7-15(10-13(12)2)21-19(24)14-6-8-16-17(11-14)22-18-4-3-9-23(18)20(16)25/h5-8,10-11H,3-4,9H2,1-2H3,(H,21,24). The molecular weight excluding hydrogens is 314 g/mol. The van der Waals surface area contributed by atoms with Gasteiger partial charge in [0.1, 0.15) is 5.82 Å². The van der Waals surface area contributed by atoms with Crippen LogP contribution >= 0.6 is 0 Å². The van der Waals surface area contributed by atoms with Crippen LogP contribution < -0.4 is 10.9 Å². The molecule has 0 saturated heterocycles. The van der Waals surface area contributed by atoms with Crippen molar-refractivity contribution >= 4 is 22.5 Å². The van der Waals surface area contributed by atoms with Crippen molar-refractivity contribution in [3.8, 4) is 0 Å². The Balaban J connectivity index is 1.69. The van der Waals surface area contributed by atoms with Crippen LogP contribution in [-0.4, -0.2) is 15.5 Å². The number of rotatable bonds is 2. The third-order valence-corrected chi connectivity index (χ3v) is 4.84. The second-order valence-electron chi connectivity index (χ2n) is 6.57. The number of amides is 1. The number of hydrogen-bond acceptors (Lipinski definition) is 3. The Hall–Kier alpha value is -2.95. The lowest BCUT2D eigenvalue weighted by atomic mass is 10.1. The number of nitrogens with one attached hydrogen (secondary N) is 1. The van der Waals surface area contributed by atoms with Crippen LogP contribution in [-0.2, 0) is 13.0 Å². The van der Waals surface area contributed by atoms with Crippen molar-refractivity contribution in [3.05, 3.63) is 69.3 Å². The van der Waals surface area contributed by atoms with Crippen molar-refractivity contribution < 1.29 is 4.79 Å². The summed E-state index contributed by atoms with van der Waals surface area (Å²) in [5.41, 5.74) is 4.14. The molecule has 1 N–H and O–H groups in total. The van der Waals surface area contributed by atoms with E-state index in [-0.39, 0.29) is 11.5 Å². The fourth-order valence-corrected chi connectivity index (χ4v) is 3.25. The van der Waals surface area contributed by atoms with Gasteiger partial charge in [-0.25, -0.2) is 4.98 Å². The van der Waals surface area contributed by atoms with Gasteiger partial charge in [-0.15, -0.1) is 0 Å². The number of aryl methyl sites for hydroxylation is 3. The molecule has 0 radical (unpaired) electrons. The Morgan fingerprint density at radius 3 is 2.76 bits per heavy atom. The third kappa shape index (κ3) is 2.71. The lowest BCUT2D eigenvalue weighted by Gasteiger charge is -2.09. The van der Waals surface area contributed by atoms with Crippen molar-refractivity contribution in [2.75, 3.05) is 5.32 Å². The highest BCUT2D eigenvalue weighted by atomic mass is 16.1. The van der Waals surface area contributed by atoms with Gasteiger partial charge in [0.25, 0.3) is 11.5 Å². The Morgan fingerprint density at radius 1 is 1.12 bits per heavy atom. The lowest BCUT2D eigenvalue weighted by Crippen LogP contribution is -2.21. The van der Waals surface area contributed by atoms with E-state index in [0.717, 1.165) is 36.5 Å². The van der Waals surface area contributed by atoms with Crippen molar-refractivity contribution in [1.82, 2.24) is 9.55 Å². The zero-order valence-corrected chi connectivity index (χ0v) is 14.3. The Morgan fingerprint density at radius 2 is 1.96 bits per heavy atom. The van der Waals surface area contributed by atoms with Crippen LogP contribution in [0.1, 0.15) is 33.7 Å². The van der Waals surface area contributed by atoms with Gasteiger partial charge in [0.15, 0.2) is 0 Å². The van der Waals surface area contributed by atoms with Gasteiger partial charge >= 0.3 is 0 Å². The number of aromatic nitrogens is 2. The molecule has 4 rings (SSSR count). The number of hydrogen-bond donors (Lipinski definition) is 1. The SMILES string of the molecule is Cc1ccc(NC(=O)c2ccc3c(=O)n4c(nc3c2)CCC4)cc1C. The summed E-state index contributed by atoms with van der Waals surface area (Å²) in [5, 5.41) is 3.47. The maximum absolute atomic E-state index is 12.6. The van der Waals surface area contributed by atoms with Crippen LogP contribution in [0.2, 0.25) is 0 Å². The highest BCUT2D eigenvalue weighted by Gasteiger charge is 2.17. The highest BCUT2D eigenvalue weighted by molar-refractivity contribution is 6.06. The largest absolute Gasteiger partial charge is 0.322 e. The van der Waals surface area contributed by atoms with Crippen LogP contribution in [0.4, 0.5) is 5.69 Å². The molecule has 0 unspecified atom stereocenters. The van der Waals surface area contributed by atoms with Gasteiger partial charge in [0.05, 0.1) is 10.9 Å². The van der Waals surface area contributed by atoms with E-state index in [0.29, 0.717) is 16.5 Å². The number of carbonyl (C=O) groups is 1. The van der Waals surface area contributed by atoms with E-state index in [9.17, 15) is 9.59 Å². The van der Waals surface area contributed by atoms with Gasteiger partial charge in [-0.2, -0.15) is 0 Å². The molecule has 1 aliphatic rings. The molecule has 5 heteroatoms. The van der Waals surface area contributed by atoms with Crippen LogP contribution in [0.3, 0.4) is 0 Å². The van der Waals surface area contributed by atoms with E-state index in [2.05, 4.69) is 10.3 Å². The lowest BCUT2D eigenvalue weighted by molar-refractivity contribution is 0.102. The monoisotopic (exact) mass is 333 g/mol. The molecule has 0 saturated carbocycles. The van der Waals surface area contributed by atoms with E-state index in [1.54, 1.807) is 22.8 Å². The van der Waals surface area contributed by atoms with Crippen molar-refractivity contribution in [2.24, 2.45) is 0 Å². The predicted molar refractivity (Wildman–Crippen MR) is 98.2 cm³/mol.